The third kappa shape index (κ3) is 1.60. The van der Waals surface area contributed by atoms with Gasteiger partial charge in [0.25, 0.3) is 0 Å². The number of rotatable bonds is 1. The topological polar surface area (TPSA) is 50.7 Å². The molecular formula is C13H10FN3O. The Hall–Kier alpha value is -2.43. The van der Waals surface area contributed by atoms with Gasteiger partial charge in [-0.3, -0.25) is 4.57 Å². The molecule has 0 bridgehead atoms. The summed E-state index contributed by atoms with van der Waals surface area (Å²) in [6.45, 7) is 0. The van der Waals surface area contributed by atoms with Crippen molar-refractivity contribution in [3.63, 3.8) is 0 Å². The Morgan fingerprint density at radius 2 is 2.11 bits per heavy atom. The number of hydrogen-bond acceptors (Lipinski definition) is 2. The van der Waals surface area contributed by atoms with Gasteiger partial charge in [-0.25, -0.2) is 14.2 Å². The Balaban J connectivity index is 2.22. The maximum atomic E-state index is 13.2. The summed E-state index contributed by atoms with van der Waals surface area (Å²) >= 11 is 0. The number of imidazole rings is 1. The van der Waals surface area contributed by atoms with E-state index in [1.54, 1.807) is 31.4 Å². The number of aromatic amines is 1. The lowest BCUT2D eigenvalue weighted by atomic mass is 10.1. The van der Waals surface area contributed by atoms with Crippen LogP contribution in [0, 0.1) is 5.82 Å². The molecule has 0 amide bonds. The summed E-state index contributed by atoms with van der Waals surface area (Å²) < 4.78 is 14.6. The van der Waals surface area contributed by atoms with Crippen LogP contribution in [0.5, 0.6) is 0 Å². The number of aryl methyl sites for hydroxylation is 1. The van der Waals surface area contributed by atoms with Crippen molar-refractivity contribution in [2.75, 3.05) is 0 Å². The van der Waals surface area contributed by atoms with Gasteiger partial charge in [-0.1, -0.05) is 12.1 Å². The van der Waals surface area contributed by atoms with Gasteiger partial charge in [0, 0.05) is 18.8 Å². The highest BCUT2D eigenvalue weighted by atomic mass is 19.1. The van der Waals surface area contributed by atoms with Crippen LogP contribution < -0.4 is 5.69 Å². The normalized spacial score (nSPS) is 11.0. The molecule has 0 unspecified atom stereocenters. The molecule has 0 aliphatic carbocycles. The third-order valence-electron chi connectivity index (χ3n) is 2.89. The summed E-state index contributed by atoms with van der Waals surface area (Å²) in [4.78, 5) is 18.4. The van der Waals surface area contributed by atoms with E-state index in [4.69, 9.17) is 0 Å². The van der Waals surface area contributed by atoms with Crippen LogP contribution in [0.4, 0.5) is 4.39 Å². The molecule has 2 heterocycles. The minimum atomic E-state index is -0.297. The Morgan fingerprint density at radius 1 is 1.28 bits per heavy atom. The highest BCUT2D eigenvalue weighted by molar-refractivity contribution is 5.78. The van der Waals surface area contributed by atoms with Gasteiger partial charge in [0.1, 0.15) is 5.82 Å². The van der Waals surface area contributed by atoms with Crippen molar-refractivity contribution in [1.29, 1.82) is 0 Å². The SMILES string of the molecule is Cn1c(=O)[nH]c2cc(-c3cccc(F)c3)cnc21. The summed E-state index contributed by atoms with van der Waals surface area (Å²) in [5, 5.41) is 0. The summed E-state index contributed by atoms with van der Waals surface area (Å²) in [7, 11) is 1.65. The van der Waals surface area contributed by atoms with Crippen molar-refractivity contribution in [3.05, 3.63) is 52.8 Å². The number of aromatic nitrogens is 3. The molecule has 1 N–H and O–H groups in total. The molecule has 0 saturated heterocycles. The predicted octanol–water partition coefficient (Wildman–Crippen LogP) is 2.07. The van der Waals surface area contributed by atoms with E-state index in [0.717, 1.165) is 11.1 Å². The monoisotopic (exact) mass is 243 g/mol. The zero-order valence-corrected chi connectivity index (χ0v) is 9.64. The van der Waals surface area contributed by atoms with Crippen molar-refractivity contribution in [2.24, 2.45) is 7.05 Å². The molecule has 4 nitrogen and oxygen atoms in total. The smallest absolute Gasteiger partial charge is 0.304 e. The van der Waals surface area contributed by atoms with E-state index in [2.05, 4.69) is 9.97 Å². The quantitative estimate of drug-likeness (QED) is 0.711. The molecule has 3 aromatic rings. The summed E-state index contributed by atoms with van der Waals surface area (Å²) in [5.74, 6) is -0.297. The zero-order chi connectivity index (χ0) is 12.7. The number of pyridine rings is 1. The first-order valence-corrected chi connectivity index (χ1v) is 5.46. The lowest BCUT2D eigenvalue weighted by Crippen LogP contribution is -2.12. The number of benzene rings is 1. The van der Waals surface area contributed by atoms with E-state index >= 15 is 0 Å². The van der Waals surface area contributed by atoms with Gasteiger partial charge in [0.15, 0.2) is 5.65 Å². The number of nitrogens with zero attached hydrogens (tertiary/aromatic N) is 2. The molecule has 0 fully saturated rings. The Morgan fingerprint density at radius 3 is 2.89 bits per heavy atom. The molecule has 1 aromatic carbocycles. The second-order valence-electron chi connectivity index (χ2n) is 4.09. The first kappa shape index (κ1) is 10.7. The van der Waals surface area contributed by atoms with E-state index in [0.29, 0.717) is 11.2 Å². The highest BCUT2D eigenvalue weighted by Crippen LogP contribution is 2.21. The van der Waals surface area contributed by atoms with Crippen molar-refractivity contribution in [1.82, 2.24) is 14.5 Å². The van der Waals surface area contributed by atoms with E-state index in [-0.39, 0.29) is 11.5 Å². The first-order valence-electron chi connectivity index (χ1n) is 5.46. The second kappa shape index (κ2) is 3.80. The van der Waals surface area contributed by atoms with Crippen LogP contribution in [0.3, 0.4) is 0 Å². The molecule has 0 saturated carbocycles. The average Bonchev–Trinajstić information content (AvgIpc) is 2.65. The molecule has 0 aliphatic heterocycles. The van der Waals surface area contributed by atoms with E-state index in [1.165, 1.54) is 16.7 Å². The number of fused-ring (bicyclic) bond motifs is 1. The van der Waals surface area contributed by atoms with Gasteiger partial charge < -0.3 is 4.98 Å². The van der Waals surface area contributed by atoms with E-state index in [1.807, 2.05) is 0 Å². The molecule has 0 atom stereocenters. The van der Waals surface area contributed by atoms with Crippen LogP contribution in [-0.4, -0.2) is 14.5 Å². The Kier molecular flexibility index (Phi) is 2.26. The molecule has 0 aliphatic rings. The van der Waals surface area contributed by atoms with Crippen LogP contribution in [0.1, 0.15) is 0 Å². The fourth-order valence-corrected chi connectivity index (χ4v) is 1.94. The van der Waals surface area contributed by atoms with Gasteiger partial charge in [-0.15, -0.1) is 0 Å². The molecular weight excluding hydrogens is 233 g/mol. The van der Waals surface area contributed by atoms with Crippen molar-refractivity contribution in [2.45, 2.75) is 0 Å². The average molecular weight is 243 g/mol. The minimum absolute atomic E-state index is 0.214. The van der Waals surface area contributed by atoms with Gasteiger partial charge in [-0.2, -0.15) is 0 Å². The molecule has 0 spiro atoms. The number of hydrogen-bond donors (Lipinski definition) is 1. The standard InChI is InChI=1S/C13H10FN3O/c1-17-12-11(16-13(17)18)6-9(7-15-12)8-3-2-4-10(14)5-8/h2-7H,1H3,(H,16,18). The van der Waals surface area contributed by atoms with Gasteiger partial charge >= 0.3 is 5.69 Å². The van der Waals surface area contributed by atoms with Crippen molar-refractivity contribution < 1.29 is 4.39 Å². The van der Waals surface area contributed by atoms with Crippen LogP contribution in [0.2, 0.25) is 0 Å². The predicted molar refractivity (Wildman–Crippen MR) is 66.7 cm³/mol. The van der Waals surface area contributed by atoms with Crippen LogP contribution >= 0.6 is 0 Å². The van der Waals surface area contributed by atoms with E-state index < -0.39 is 0 Å². The fraction of sp³-hybridized carbons (Fsp3) is 0.0769. The van der Waals surface area contributed by atoms with Crippen molar-refractivity contribution in [3.8, 4) is 11.1 Å². The number of nitrogens with one attached hydrogen (secondary N) is 1. The van der Waals surface area contributed by atoms with Gasteiger partial charge in [0.2, 0.25) is 0 Å². The lowest BCUT2D eigenvalue weighted by Gasteiger charge is -2.01. The molecule has 0 radical (unpaired) electrons. The fourth-order valence-electron chi connectivity index (χ4n) is 1.94. The molecule has 3 rings (SSSR count). The second-order valence-corrected chi connectivity index (χ2v) is 4.09. The molecule has 2 aromatic heterocycles. The van der Waals surface area contributed by atoms with Gasteiger partial charge in [-0.05, 0) is 23.8 Å². The number of H-pyrrole nitrogens is 1. The molecule has 5 heteroatoms. The molecule has 18 heavy (non-hydrogen) atoms. The minimum Gasteiger partial charge on any atom is -0.304 e. The highest BCUT2D eigenvalue weighted by Gasteiger charge is 2.06. The summed E-state index contributed by atoms with van der Waals surface area (Å²) in [6.07, 6.45) is 1.63. The van der Waals surface area contributed by atoms with Gasteiger partial charge in [0.05, 0.1) is 5.52 Å². The lowest BCUT2D eigenvalue weighted by molar-refractivity contribution is 0.628. The largest absolute Gasteiger partial charge is 0.327 e. The van der Waals surface area contributed by atoms with Crippen LogP contribution in [-0.2, 0) is 7.05 Å². The summed E-state index contributed by atoms with van der Waals surface area (Å²) in [6, 6.07) is 8.05. The number of halogens is 1. The van der Waals surface area contributed by atoms with Crippen molar-refractivity contribution >= 4 is 11.2 Å². The van der Waals surface area contributed by atoms with Crippen LogP contribution in [0.25, 0.3) is 22.3 Å². The zero-order valence-electron chi connectivity index (χ0n) is 9.64. The first-order chi connectivity index (χ1) is 8.65. The Bertz CT molecular complexity index is 788. The van der Waals surface area contributed by atoms with E-state index in [9.17, 15) is 9.18 Å². The maximum Gasteiger partial charge on any atom is 0.327 e. The third-order valence-corrected chi connectivity index (χ3v) is 2.89. The van der Waals surface area contributed by atoms with Crippen LogP contribution in [0.15, 0.2) is 41.3 Å². The molecule has 90 valence electrons. The maximum absolute atomic E-state index is 13.2. The summed E-state index contributed by atoms with van der Waals surface area (Å²) in [5.41, 5.74) is 2.51. The Labute approximate surface area is 102 Å².